The zero-order valence-corrected chi connectivity index (χ0v) is 13.7. The van der Waals surface area contributed by atoms with Crippen LogP contribution < -0.4 is 10.7 Å². The number of methoxy groups -OCH3 is 1. The number of hydrogen-bond donors (Lipinski definition) is 2. The third-order valence-corrected chi connectivity index (χ3v) is 2.99. The molecule has 1 aromatic rings. The van der Waals surface area contributed by atoms with Crippen LogP contribution in [0.15, 0.2) is 35.4 Å². The van der Waals surface area contributed by atoms with Crippen molar-refractivity contribution in [1.29, 1.82) is 0 Å². The van der Waals surface area contributed by atoms with Gasteiger partial charge >= 0.3 is 12.1 Å². The summed E-state index contributed by atoms with van der Waals surface area (Å²) in [6.45, 7) is 3.98. The van der Waals surface area contributed by atoms with Crippen molar-refractivity contribution in [2.45, 2.75) is 32.7 Å². The molecule has 126 valence electrons. The fourth-order valence-corrected chi connectivity index (χ4v) is 1.68. The van der Waals surface area contributed by atoms with E-state index in [0.717, 1.165) is 18.5 Å². The van der Waals surface area contributed by atoms with Crippen LogP contribution in [0.1, 0.15) is 26.7 Å². The van der Waals surface area contributed by atoms with Gasteiger partial charge in [0.25, 0.3) is 0 Å². The van der Waals surface area contributed by atoms with Crippen LogP contribution in [0.2, 0.25) is 0 Å². The Labute approximate surface area is 136 Å². The molecule has 1 aromatic carbocycles. The number of hydrogen-bond acceptors (Lipinski definition) is 6. The third-order valence-electron chi connectivity index (χ3n) is 2.99. The molecule has 0 saturated carbocycles. The van der Waals surface area contributed by atoms with Gasteiger partial charge in [-0.05, 0) is 25.5 Å². The number of hydrazone groups is 1. The molecule has 1 amide bonds. The quantitative estimate of drug-likeness (QED) is 0.332. The monoisotopic (exact) mass is 321 g/mol. The lowest BCUT2D eigenvalue weighted by Crippen LogP contribution is -2.39. The smallest absolute Gasteiger partial charge is 0.427 e. The number of carbonyl (C=O) groups excluding carboxylic acids is 2. The van der Waals surface area contributed by atoms with Crippen molar-refractivity contribution in [3.05, 3.63) is 30.3 Å². The molecule has 0 fully saturated rings. The molecule has 7 heteroatoms. The van der Waals surface area contributed by atoms with Crippen LogP contribution in [0, 0.1) is 0 Å². The molecule has 0 aromatic heterocycles. The first-order valence-electron chi connectivity index (χ1n) is 7.44. The van der Waals surface area contributed by atoms with Crippen molar-refractivity contribution in [2.75, 3.05) is 19.0 Å². The summed E-state index contributed by atoms with van der Waals surface area (Å²) in [5.41, 5.74) is 3.31. The largest absolute Gasteiger partial charge is 0.464 e. The van der Waals surface area contributed by atoms with Crippen LogP contribution in [0.25, 0.3) is 0 Å². The summed E-state index contributed by atoms with van der Waals surface area (Å²) < 4.78 is 9.69. The fourth-order valence-electron chi connectivity index (χ4n) is 1.68. The van der Waals surface area contributed by atoms with E-state index >= 15 is 0 Å². The zero-order valence-electron chi connectivity index (χ0n) is 13.7. The average molecular weight is 321 g/mol. The van der Waals surface area contributed by atoms with E-state index in [1.165, 1.54) is 7.11 Å². The van der Waals surface area contributed by atoms with Crippen molar-refractivity contribution in [3.63, 3.8) is 0 Å². The predicted molar refractivity (Wildman–Crippen MR) is 88.4 cm³/mol. The van der Waals surface area contributed by atoms with E-state index in [4.69, 9.17) is 4.74 Å². The highest BCUT2D eigenvalue weighted by Gasteiger charge is 2.23. The summed E-state index contributed by atoms with van der Waals surface area (Å²) in [6.07, 6.45) is 1.02. The lowest BCUT2D eigenvalue weighted by atomic mass is 10.2. The van der Waals surface area contributed by atoms with Gasteiger partial charge in [-0.1, -0.05) is 31.5 Å². The van der Waals surface area contributed by atoms with Gasteiger partial charge in [0.05, 0.1) is 19.4 Å². The Balaban J connectivity index is 2.82. The molecule has 23 heavy (non-hydrogen) atoms. The molecule has 0 spiro atoms. The third kappa shape index (κ3) is 6.82. The van der Waals surface area contributed by atoms with E-state index in [0.29, 0.717) is 12.3 Å². The van der Waals surface area contributed by atoms with Crippen LogP contribution in [0.3, 0.4) is 0 Å². The molecular formula is C16H23N3O4. The second-order valence-electron chi connectivity index (χ2n) is 4.82. The minimum Gasteiger partial charge on any atom is -0.464 e. The minimum absolute atomic E-state index is 0.347. The number of anilines is 1. The van der Waals surface area contributed by atoms with Crippen LogP contribution in [-0.4, -0.2) is 37.5 Å². The molecule has 0 radical (unpaired) electrons. The van der Waals surface area contributed by atoms with Gasteiger partial charge in [0.2, 0.25) is 0 Å². The number of ether oxygens (including phenoxy) is 2. The lowest BCUT2D eigenvalue weighted by molar-refractivity contribution is -0.143. The molecular weight excluding hydrogens is 298 g/mol. The van der Waals surface area contributed by atoms with Crippen LogP contribution >= 0.6 is 0 Å². The van der Waals surface area contributed by atoms with Gasteiger partial charge in [-0.3, -0.25) is 0 Å². The van der Waals surface area contributed by atoms with Gasteiger partial charge in [0.1, 0.15) is 0 Å². The first-order chi connectivity index (χ1) is 11.1. The van der Waals surface area contributed by atoms with Crippen molar-refractivity contribution in [3.8, 4) is 0 Å². The number of rotatable bonds is 8. The second-order valence-corrected chi connectivity index (χ2v) is 4.82. The summed E-state index contributed by atoms with van der Waals surface area (Å²) in [4.78, 5) is 23.4. The van der Waals surface area contributed by atoms with Crippen molar-refractivity contribution >= 4 is 23.5 Å². The van der Waals surface area contributed by atoms with E-state index in [1.807, 2.05) is 37.3 Å². The molecule has 0 aliphatic carbocycles. The van der Waals surface area contributed by atoms with Crippen LogP contribution in [0.5, 0.6) is 0 Å². The maximum atomic E-state index is 12.3. The SMILES string of the molecule is CCCCOC(=O)C(Nc1ccccc1)C(C)=NNC(=O)OC. The van der Waals surface area contributed by atoms with E-state index in [9.17, 15) is 9.59 Å². The zero-order chi connectivity index (χ0) is 17.1. The predicted octanol–water partition coefficient (Wildman–Crippen LogP) is 2.54. The topological polar surface area (TPSA) is 89.0 Å². The van der Waals surface area contributed by atoms with Gasteiger partial charge < -0.3 is 14.8 Å². The van der Waals surface area contributed by atoms with Crippen molar-refractivity contribution in [2.24, 2.45) is 5.10 Å². The Morgan fingerprint density at radius 1 is 1.26 bits per heavy atom. The van der Waals surface area contributed by atoms with Gasteiger partial charge in [0, 0.05) is 5.69 Å². The maximum Gasteiger partial charge on any atom is 0.427 e. The van der Waals surface area contributed by atoms with Gasteiger partial charge in [-0.15, -0.1) is 0 Å². The average Bonchev–Trinajstić information content (AvgIpc) is 2.58. The highest BCUT2D eigenvalue weighted by atomic mass is 16.5. The number of nitrogens with one attached hydrogen (secondary N) is 2. The molecule has 2 N–H and O–H groups in total. The molecule has 0 saturated heterocycles. The number of unbranched alkanes of at least 4 members (excludes halogenated alkanes) is 1. The Morgan fingerprint density at radius 2 is 1.96 bits per heavy atom. The van der Waals surface area contributed by atoms with Gasteiger partial charge in [-0.25, -0.2) is 15.0 Å². The summed E-state index contributed by atoms with van der Waals surface area (Å²) in [7, 11) is 1.24. The van der Waals surface area contributed by atoms with Crippen molar-refractivity contribution < 1.29 is 19.1 Å². The second kappa shape index (κ2) is 10.2. The molecule has 7 nitrogen and oxygen atoms in total. The van der Waals surface area contributed by atoms with E-state index in [-0.39, 0.29) is 0 Å². The Kier molecular flexibility index (Phi) is 8.20. The highest BCUT2D eigenvalue weighted by Crippen LogP contribution is 2.09. The molecule has 0 bridgehead atoms. The normalized spacial score (nSPS) is 12.2. The van der Waals surface area contributed by atoms with E-state index in [2.05, 4.69) is 20.6 Å². The molecule has 1 rings (SSSR count). The number of amides is 1. The fraction of sp³-hybridized carbons (Fsp3) is 0.438. The van der Waals surface area contributed by atoms with Crippen LogP contribution in [0.4, 0.5) is 10.5 Å². The van der Waals surface area contributed by atoms with Crippen LogP contribution in [-0.2, 0) is 14.3 Å². The van der Waals surface area contributed by atoms with Gasteiger partial charge in [-0.2, -0.15) is 5.10 Å². The van der Waals surface area contributed by atoms with Gasteiger partial charge in [0.15, 0.2) is 6.04 Å². The number of benzene rings is 1. The molecule has 1 atom stereocenters. The maximum absolute atomic E-state index is 12.3. The Hall–Kier alpha value is -2.57. The number of nitrogens with zero attached hydrogens (tertiary/aromatic N) is 1. The lowest BCUT2D eigenvalue weighted by Gasteiger charge is -2.18. The molecule has 0 heterocycles. The first-order valence-corrected chi connectivity index (χ1v) is 7.44. The Bertz CT molecular complexity index is 531. The summed E-state index contributed by atoms with van der Waals surface area (Å²) in [5.74, 6) is -0.449. The molecule has 1 unspecified atom stereocenters. The summed E-state index contributed by atoms with van der Waals surface area (Å²) in [6, 6.07) is 8.42. The van der Waals surface area contributed by atoms with Crippen molar-refractivity contribution in [1.82, 2.24) is 5.43 Å². The first kappa shape index (κ1) is 18.5. The van der Waals surface area contributed by atoms with E-state index in [1.54, 1.807) is 6.92 Å². The summed E-state index contributed by atoms with van der Waals surface area (Å²) >= 11 is 0. The molecule has 0 aliphatic rings. The Morgan fingerprint density at radius 3 is 2.57 bits per heavy atom. The summed E-state index contributed by atoms with van der Waals surface area (Å²) in [5, 5.41) is 6.92. The number of para-hydroxylation sites is 1. The number of esters is 1. The molecule has 0 aliphatic heterocycles. The highest BCUT2D eigenvalue weighted by molar-refractivity contribution is 6.07. The van der Waals surface area contributed by atoms with E-state index < -0.39 is 18.1 Å². The number of carbonyl (C=O) groups is 2. The standard InChI is InChI=1S/C16H23N3O4/c1-4-5-11-23-15(20)14(12(2)18-19-16(21)22-3)17-13-9-7-6-8-10-13/h6-10,14,17H,4-5,11H2,1-3H3,(H,19,21). The minimum atomic E-state index is -0.800.